The Balaban J connectivity index is 2.06. The number of halogens is 1. The van der Waals surface area contributed by atoms with Gasteiger partial charge in [-0.3, -0.25) is 4.79 Å². The highest BCUT2D eigenvalue weighted by Gasteiger charge is 2.32. The van der Waals surface area contributed by atoms with Crippen LogP contribution in [0.3, 0.4) is 0 Å². The second kappa shape index (κ2) is 6.20. The predicted octanol–water partition coefficient (Wildman–Crippen LogP) is 0.983. The highest BCUT2D eigenvalue weighted by Crippen LogP contribution is 2.38. The van der Waals surface area contributed by atoms with Gasteiger partial charge in [0.25, 0.3) is 0 Å². The Morgan fingerprint density at radius 1 is 1.44 bits per heavy atom. The van der Waals surface area contributed by atoms with Crippen LogP contribution in [0.15, 0.2) is 24.3 Å². The third-order valence-electron chi connectivity index (χ3n) is 2.99. The zero-order valence-corrected chi connectivity index (χ0v) is 11.3. The minimum absolute atomic E-state index is 0.0448. The lowest BCUT2D eigenvalue weighted by atomic mass is 10.2. The van der Waals surface area contributed by atoms with E-state index in [1.165, 1.54) is 12.1 Å². The lowest BCUT2D eigenvalue weighted by molar-refractivity contribution is -0.651. The van der Waals surface area contributed by atoms with E-state index >= 15 is 0 Å². The third-order valence-corrected chi connectivity index (χ3v) is 4.24. The van der Waals surface area contributed by atoms with Crippen LogP contribution < -0.4 is 5.32 Å². The summed E-state index contributed by atoms with van der Waals surface area (Å²) in [5, 5.41) is 2.22. The molecule has 5 heteroatoms. The van der Waals surface area contributed by atoms with E-state index in [4.69, 9.17) is 0 Å². The van der Waals surface area contributed by atoms with Gasteiger partial charge >= 0.3 is 0 Å². The molecular formula is C13H18FN2OS+. The number of hydrogen-bond donors (Lipinski definition) is 1. The molecule has 18 heavy (non-hydrogen) atoms. The van der Waals surface area contributed by atoms with Crippen molar-refractivity contribution in [2.75, 3.05) is 25.4 Å². The van der Waals surface area contributed by atoms with Crippen LogP contribution in [0.1, 0.15) is 17.9 Å². The van der Waals surface area contributed by atoms with Gasteiger partial charge in [0.2, 0.25) is 5.91 Å². The minimum Gasteiger partial charge on any atom is -0.345 e. The molecule has 1 atom stereocenters. The van der Waals surface area contributed by atoms with Gasteiger partial charge in [0, 0.05) is 0 Å². The van der Waals surface area contributed by atoms with Crippen LogP contribution in [-0.4, -0.2) is 36.2 Å². The number of carbonyl (C=O) groups is 1. The van der Waals surface area contributed by atoms with E-state index in [0.717, 1.165) is 25.2 Å². The molecule has 1 aromatic rings. The molecular weight excluding hydrogens is 251 g/mol. The van der Waals surface area contributed by atoms with Gasteiger partial charge in [-0.25, -0.2) is 4.39 Å². The maximum absolute atomic E-state index is 12.9. The van der Waals surface area contributed by atoms with Gasteiger partial charge in [-0.15, -0.1) is 11.8 Å². The Kier molecular flexibility index (Phi) is 4.60. The first-order chi connectivity index (χ1) is 8.72. The van der Waals surface area contributed by atoms with Gasteiger partial charge in [0.05, 0.1) is 25.4 Å². The summed E-state index contributed by atoms with van der Waals surface area (Å²) in [5.41, 5.74) is 1.00. The summed E-state index contributed by atoms with van der Waals surface area (Å²) < 4.78 is 12.9. The largest absolute Gasteiger partial charge is 0.345 e. The average Bonchev–Trinajstić information content (AvgIpc) is 2.73. The first-order valence-electron chi connectivity index (χ1n) is 6.20. The molecule has 98 valence electrons. The number of amides is 1. The van der Waals surface area contributed by atoms with Crippen molar-refractivity contribution in [1.82, 2.24) is 4.90 Å². The zero-order chi connectivity index (χ0) is 13.0. The van der Waals surface area contributed by atoms with E-state index in [-0.39, 0.29) is 17.1 Å². The maximum atomic E-state index is 12.9. The molecule has 2 rings (SSSR count). The number of thioether (sulfide) groups is 1. The Bertz CT molecular complexity index is 410. The summed E-state index contributed by atoms with van der Waals surface area (Å²) in [5.74, 6) is 0.464. The molecule has 1 fully saturated rings. The Labute approximate surface area is 111 Å². The van der Waals surface area contributed by atoms with Crippen molar-refractivity contribution < 1.29 is 14.5 Å². The molecule has 3 nitrogen and oxygen atoms in total. The fourth-order valence-corrected chi connectivity index (χ4v) is 3.25. The van der Waals surface area contributed by atoms with E-state index in [1.54, 1.807) is 23.9 Å². The number of rotatable bonds is 5. The molecule has 2 N–H and O–H groups in total. The van der Waals surface area contributed by atoms with Gasteiger partial charge in [0.1, 0.15) is 11.2 Å². The van der Waals surface area contributed by atoms with E-state index < -0.39 is 0 Å². The smallest absolute Gasteiger partial charge is 0.234 e. The predicted molar refractivity (Wildman–Crippen MR) is 70.6 cm³/mol. The van der Waals surface area contributed by atoms with Crippen molar-refractivity contribution >= 4 is 17.7 Å². The van der Waals surface area contributed by atoms with Crippen LogP contribution in [0.25, 0.3) is 0 Å². The topological polar surface area (TPSA) is 36.9 Å². The first kappa shape index (κ1) is 13.4. The summed E-state index contributed by atoms with van der Waals surface area (Å²) in [6, 6.07) is 6.44. The van der Waals surface area contributed by atoms with E-state index in [0.29, 0.717) is 5.75 Å². The van der Waals surface area contributed by atoms with Crippen LogP contribution >= 0.6 is 11.8 Å². The number of likely N-dealkylation sites (N-methyl/N-ethyl adjacent to an activating group) is 1. The van der Waals surface area contributed by atoms with Crippen LogP contribution in [-0.2, 0) is 4.79 Å². The SMILES string of the molecule is CC[NH2+]CCN1C(=O)CS[C@H]1c1ccc(F)cc1. The molecule has 1 aliphatic heterocycles. The number of carbonyl (C=O) groups excluding carboxylic acids is 1. The number of benzene rings is 1. The molecule has 0 unspecified atom stereocenters. The number of quaternary nitrogens is 1. The molecule has 0 aliphatic carbocycles. The van der Waals surface area contributed by atoms with Crippen LogP contribution in [0.4, 0.5) is 4.39 Å². The fourth-order valence-electron chi connectivity index (χ4n) is 2.03. The van der Waals surface area contributed by atoms with Crippen molar-refractivity contribution in [1.29, 1.82) is 0 Å². The lowest BCUT2D eigenvalue weighted by Crippen LogP contribution is -2.85. The molecule has 0 radical (unpaired) electrons. The normalized spacial score (nSPS) is 19.6. The third kappa shape index (κ3) is 3.03. The van der Waals surface area contributed by atoms with Gasteiger partial charge in [-0.1, -0.05) is 12.1 Å². The Morgan fingerprint density at radius 2 is 2.17 bits per heavy atom. The van der Waals surface area contributed by atoms with E-state index in [9.17, 15) is 9.18 Å². The summed E-state index contributed by atoms with van der Waals surface area (Å²) in [6.45, 7) is 4.79. The molecule has 0 aromatic heterocycles. The quantitative estimate of drug-likeness (QED) is 0.809. The highest BCUT2D eigenvalue weighted by atomic mass is 32.2. The molecule has 1 aliphatic rings. The van der Waals surface area contributed by atoms with Crippen molar-refractivity contribution in [3.05, 3.63) is 35.6 Å². The van der Waals surface area contributed by atoms with Gasteiger partial charge < -0.3 is 10.2 Å². The summed E-state index contributed by atoms with van der Waals surface area (Å²) in [6.07, 6.45) is 0. The maximum Gasteiger partial charge on any atom is 0.234 e. The molecule has 0 saturated carbocycles. The monoisotopic (exact) mass is 269 g/mol. The lowest BCUT2D eigenvalue weighted by Gasteiger charge is -2.23. The van der Waals surface area contributed by atoms with E-state index in [1.807, 2.05) is 4.90 Å². The minimum atomic E-state index is -0.237. The van der Waals surface area contributed by atoms with Crippen molar-refractivity contribution in [3.63, 3.8) is 0 Å². The van der Waals surface area contributed by atoms with Crippen LogP contribution in [0.2, 0.25) is 0 Å². The summed E-state index contributed by atoms with van der Waals surface area (Å²) in [7, 11) is 0. The number of nitrogens with zero attached hydrogens (tertiary/aromatic N) is 1. The van der Waals surface area contributed by atoms with Crippen molar-refractivity contribution in [3.8, 4) is 0 Å². The molecule has 1 saturated heterocycles. The number of hydrogen-bond acceptors (Lipinski definition) is 2. The van der Waals surface area contributed by atoms with Gasteiger partial charge in [-0.05, 0) is 24.6 Å². The Hall–Kier alpha value is -1.07. The molecule has 0 bridgehead atoms. The van der Waals surface area contributed by atoms with Gasteiger partial charge in [-0.2, -0.15) is 0 Å². The summed E-state index contributed by atoms with van der Waals surface area (Å²) >= 11 is 1.62. The second-order valence-corrected chi connectivity index (χ2v) is 5.36. The van der Waals surface area contributed by atoms with Gasteiger partial charge in [0.15, 0.2) is 0 Å². The standard InChI is InChI=1S/C13H17FN2OS/c1-2-15-7-8-16-12(17)9-18-13(16)10-3-5-11(14)6-4-10/h3-6,13,15H,2,7-9H2,1H3/p+1/t13-/m0/s1. The van der Waals surface area contributed by atoms with E-state index in [2.05, 4.69) is 12.2 Å². The fraction of sp³-hybridized carbons (Fsp3) is 0.462. The highest BCUT2D eigenvalue weighted by molar-refractivity contribution is 8.00. The molecule has 1 heterocycles. The summed E-state index contributed by atoms with van der Waals surface area (Å²) in [4.78, 5) is 13.7. The average molecular weight is 269 g/mol. The van der Waals surface area contributed by atoms with Crippen LogP contribution in [0.5, 0.6) is 0 Å². The molecule has 0 spiro atoms. The first-order valence-corrected chi connectivity index (χ1v) is 7.25. The second-order valence-electron chi connectivity index (χ2n) is 4.29. The van der Waals surface area contributed by atoms with Crippen molar-refractivity contribution in [2.24, 2.45) is 0 Å². The zero-order valence-electron chi connectivity index (χ0n) is 10.4. The molecule has 1 aromatic carbocycles. The molecule has 1 amide bonds. The van der Waals surface area contributed by atoms with Crippen LogP contribution in [0, 0.1) is 5.82 Å². The number of nitrogens with two attached hydrogens (primary N) is 1. The van der Waals surface area contributed by atoms with Crippen molar-refractivity contribution in [2.45, 2.75) is 12.3 Å². The Morgan fingerprint density at radius 3 is 2.83 bits per heavy atom.